The molecule has 8 bridgehead atoms. The third-order valence-corrected chi connectivity index (χ3v) is 17.0. The van der Waals surface area contributed by atoms with Gasteiger partial charge in [0.05, 0.1) is 22.8 Å². The number of aromatic nitrogens is 8. The van der Waals surface area contributed by atoms with Crippen LogP contribution in [0.2, 0.25) is 0 Å². The summed E-state index contributed by atoms with van der Waals surface area (Å²) in [5.41, 5.74) is 18.4. The summed E-state index contributed by atoms with van der Waals surface area (Å²) in [6.07, 6.45) is 28.9. The summed E-state index contributed by atoms with van der Waals surface area (Å²) >= 11 is 0. The van der Waals surface area contributed by atoms with Crippen LogP contribution in [0.4, 0.5) is 22.7 Å². The number of nitrogens with one attached hydrogen (secondary N) is 4. The summed E-state index contributed by atoms with van der Waals surface area (Å²) in [5.74, 6) is -0.373. The minimum atomic E-state index is -0.0931. The molecule has 4 amide bonds. The second-order valence-corrected chi connectivity index (χ2v) is 25.1. The van der Waals surface area contributed by atoms with Crippen molar-refractivity contribution in [2.75, 3.05) is 21.3 Å². The van der Waals surface area contributed by atoms with Crippen LogP contribution < -0.4 is 112 Å². The third kappa shape index (κ3) is 22.0. The molecule has 22 heteroatoms. The van der Waals surface area contributed by atoms with Crippen molar-refractivity contribution >= 4 is 92.7 Å². The van der Waals surface area contributed by atoms with Gasteiger partial charge in [0.2, 0.25) is 23.6 Å². The van der Waals surface area contributed by atoms with Crippen LogP contribution in [0.1, 0.15) is 91.0 Å². The number of rotatable bonds is 20. The second kappa shape index (κ2) is 39.7. The van der Waals surface area contributed by atoms with E-state index in [0.717, 1.165) is 66.8 Å². The number of fused-ring (bicyclic) bond motifs is 8. The van der Waals surface area contributed by atoms with Crippen molar-refractivity contribution in [3.05, 3.63) is 264 Å². The molecule has 0 aliphatic carbocycles. The molecule has 4 aromatic carbocycles. The van der Waals surface area contributed by atoms with E-state index in [4.69, 9.17) is 19.9 Å². The van der Waals surface area contributed by atoms with Crippen LogP contribution in [0, 0.1) is 0 Å². The SMILES string of the molecule is CCC.C[n+]1cccc(CCC(=O)Nc2ccc(-c3c4nc(c(-c5ccc(NC(=O)CCc6ccc[n+](C)c6)cc5)c5ccc([n-]5)c(-c5ccc(NC(=O)CCc6ccc[n+](C)c6)cc5)c5nc(c(-c6ccc(NC(=O)CCc7ccc[n+](C)c7)cc6)c6ccc3[n-]6)C=C5)C=C4)cc2)c1.[Cl-].[Cl-].[Cl-].[Cl-].[Cl-].[Mn+2]. The van der Waals surface area contributed by atoms with Gasteiger partial charge in [-0.3, -0.25) is 19.2 Å². The maximum Gasteiger partial charge on any atom is 2.00 e. The largest absolute Gasteiger partial charge is 2.00 e. The van der Waals surface area contributed by atoms with Gasteiger partial charge >= 0.3 is 17.1 Å². The van der Waals surface area contributed by atoms with Crippen molar-refractivity contribution in [3.8, 4) is 44.5 Å². The normalized spacial score (nSPS) is 10.7. The topological polar surface area (TPSA) is 186 Å². The maximum absolute atomic E-state index is 13.4. The Kier molecular flexibility index (Phi) is 31.7. The zero-order valence-electron chi connectivity index (χ0n) is 58.9. The molecule has 7 aromatic heterocycles. The first-order valence-electron chi connectivity index (χ1n) is 33.6. The van der Waals surface area contributed by atoms with E-state index in [1.807, 2.05) is 290 Å². The first-order valence-corrected chi connectivity index (χ1v) is 33.6. The molecule has 0 atom stereocenters. The van der Waals surface area contributed by atoms with Crippen molar-refractivity contribution in [2.45, 2.75) is 71.6 Å². The number of halogens is 5. The molecule has 0 spiro atoms. The fourth-order valence-corrected chi connectivity index (χ4v) is 12.3. The Hall–Kier alpha value is -10.1. The van der Waals surface area contributed by atoms with Crippen molar-refractivity contribution in [1.29, 1.82) is 0 Å². The number of pyridine rings is 4. The van der Waals surface area contributed by atoms with Crippen LogP contribution >= 0.6 is 0 Å². The van der Waals surface area contributed by atoms with E-state index in [0.29, 0.717) is 119 Å². The number of benzene rings is 4. The van der Waals surface area contributed by atoms with Gasteiger partial charge < -0.3 is 93.3 Å². The molecule has 0 saturated carbocycles. The molecule has 0 unspecified atom stereocenters. The maximum atomic E-state index is 13.4. The van der Waals surface area contributed by atoms with Gasteiger partial charge in [0.15, 0.2) is 49.6 Å². The molecule has 105 heavy (non-hydrogen) atoms. The predicted molar refractivity (Wildman–Crippen MR) is 393 cm³/mol. The van der Waals surface area contributed by atoms with Gasteiger partial charge in [-0.1, -0.05) is 93.1 Å². The van der Waals surface area contributed by atoms with E-state index in [1.165, 1.54) is 6.42 Å². The number of aryl methyl sites for hydroxylation is 8. The first-order chi connectivity index (χ1) is 48.2. The number of hydrogen-bond acceptors (Lipinski definition) is 6. The number of carbonyl (C=O) groups is 4. The van der Waals surface area contributed by atoms with Crippen LogP contribution in [0.3, 0.4) is 0 Å². The second-order valence-electron chi connectivity index (χ2n) is 25.1. The van der Waals surface area contributed by atoms with E-state index in [1.54, 1.807) is 0 Å². The van der Waals surface area contributed by atoms with Crippen LogP contribution in [-0.4, -0.2) is 33.6 Å². The molecule has 11 aromatic rings. The number of hydrogen-bond donors (Lipinski definition) is 4. The van der Waals surface area contributed by atoms with Gasteiger partial charge in [-0.15, -0.1) is 22.1 Å². The Balaban J connectivity index is 0.00000189. The molecule has 1 radical (unpaired) electrons. The molecule has 4 N–H and O–H groups in total. The summed E-state index contributed by atoms with van der Waals surface area (Å²) in [6, 6.07) is 55.2. The predicted octanol–water partition coefficient (Wildman–Crippen LogP) is -1.40. The number of carbonyl (C=O) groups excluding carboxylic acids is 4. The van der Waals surface area contributed by atoms with Gasteiger partial charge in [0.25, 0.3) is 0 Å². The summed E-state index contributed by atoms with van der Waals surface area (Å²) < 4.78 is 7.91. The molecule has 539 valence electrons. The Morgan fingerprint density at radius 1 is 0.324 bits per heavy atom. The zero-order chi connectivity index (χ0) is 68.8. The molecular formula is C83H80Cl5MnN12O4-. The van der Waals surface area contributed by atoms with E-state index in [9.17, 15) is 19.2 Å². The Labute approximate surface area is 654 Å². The Morgan fingerprint density at radius 2 is 0.524 bits per heavy atom. The zero-order valence-corrected chi connectivity index (χ0v) is 63.9. The van der Waals surface area contributed by atoms with Crippen LogP contribution in [-0.2, 0) is 90.1 Å². The van der Waals surface area contributed by atoms with Crippen LogP contribution in [0.5, 0.6) is 0 Å². The Morgan fingerprint density at radius 3 is 0.714 bits per heavy atom. The van der Waals surface area contributed by atoms with E-state index >= 15 is 0 Å². The fourth-order valence-electron chi connectivity index (χ4n) is 12.3. The van der Waals surface area contributed by atoms with Gasteiger partial charge in [-0.05, 0) is 167 Å². The Bertz CT molecular complexity index is 4450. The standard InChI is InChI=1S/C80H70N12O4.C3H8.5ClH.Mn/c1-89-45-5-9-53(49-89)13-41-73(93)81-61-25-17-57(18-26-61)77-65-33-35-67(85-65)78(58-19-27-62(28-20-58)82-74(94)42-14-54-10-6-46-90(2)50-54)69-37-39-71(87-69)80(60-23-31-64(32-24-60)84-76(96)44-16-56-12-8-48-92(4)52-56)72-40-38-70(88-72)79(68-36-34-66(77)86-68)59-21-29-63(30-22-59)83-75(95)43-15-55-11-7-47-91(3)51-55;1-3-2;;;;;;/h5-12,17-40,45-52H,13-16,41-44H2,1-4H3,(H2-4,81,82,83,84,85,86,87,88,93,94,95,96);3H2,1-2H3;5*1H;/q;;;;;;;+2/p-3. The van der Waals surface area contributed by atoms with Crippen molar-refractivity contribution < 1.29 is 117 Å². The molecule has 2 aliphatic heterocycles. The van der Waals surface area contributed by atoms with Gasteiger partial charge in [-0.2, -0.15) is 0 Å². The summed E-state index contributed by atoms with van der Waals surface area (Å²) in [7, 11) is 7.87. The number of nitrogens with zero attached hydrogens (tertiary/aromatic N) is 8. The molecule has 0 fully saturated rings. The van der Waals surface area contributed by atoms with E-state index < -0.39 is 0 Å². The molecule has 16 nitrogen and oxygen atoms in total. The van der Waals surface area contributed by atoms with Crippen molar-refractivity contribution in [1.82, 2.24) is 19.9 Å². The summed E-state index contributed by atoms with van der Waals surface area (Å²) in [6.45, 7) is 4.25. The minimum Gasteiger partial charge on any atom is -1.00 e. The molecule has 0 saturated heterocycles. The van der Waals surface area contributed by atoms with Crippen LogP contribution in [0.25, 0.3) is 90.9 Å². The smallest absolute Gasteiger partial charge is 1.00 e. The molecular weight excluding hydrogens is 1460 g/mol. The summed E-state index contributed by atoms with van der Waals surface area (Å²) in [4.78, 5) is 75.6. The monoisotopic (exact) mass is 1540 g/mol. The van der Waals surface area contributed by atoms with Gasteiger partial charge in [0.1, 0.15) is 28.2 Å². The summed E-state index contributed by atoms with van der Waals surface area (Å²) in [5, 5.41) is 12.4. The van der Waals surface area contributed by atoms with Gasteiger partial charge in [0, 0.05) is 95.0 Å². The molecule has 9 heterocycles. The average Bonchev–Trinajstić information content (AvgIpc) is 1.62. The van der Waals surface area contributed by atoms with Crippen LogP contribution in [0.15, 0.2) is 219 Å². The quantitative estimate of drug-likeness (QED) is 0.0531. The fraction of sp³-hybridized carbons (Fsp3) is 0.181. The first kappa shape index (κ1) is 83.9. The van der Waals surface area contributed by atoms with E-state index in [-0.39, 0.29) is 103 Å². The van der Waals surface area contributed by atoms with E-state index in [2.05, 4.69) is 35.1 Å². The molecule has 13 rings (SSSR count). The number of anilines is 4. The minimum absolute atomic E-state index is 0. The van der Waals surface area contributed by atoms with Crippen molar-refractivity contribution in [3.63, 3.8) is 0 Å². The molecule has 2 aliphatic rings. The number of amides is 4. The van der Waals surface area contributed by atoms with Gasteiger partial charge in [-0.25, -0.2) is 28.2 Å². The van der Waals surface area contributed by atoms with Crippen molar-refractivity contribution in [2.24, 2.45) is 28.2 Å². The third-order valence-electron chi connectivity index (χ3n) is 17.0. The average molecular weight is 1540 g/mol.